The van der Waals surface area contributed by atoms with Crippen LogP contribution in [0.15, 0.2) is 48.5 Å². The molecule has 0 heteroatoms. The lowest BCUT2D eigenvalue weighted by molar-refractivity contribution is 0.349. The van der Waals surface area contributed by atoms with Crippen molar-refractivity contribution in [3.8, 4) is 0 Å². The van der Waals surface area contributed by atoms with Crippen molar-refractivity contribution in [2.45, 2.75) is 31.1 Å². The van der Waals surface area contributed by atoms with Gasteiger partial charge in [-0.1, -0.05) is 48.5 Å². The molecule has 0 aliphatic heterocycles. The SMILES string of the molecule is c1ccc2c(c1)CC1CC[C@@H]3Cc4ccccc4C213. The van der Waals surface area contributed by atoms with Gasteiger partial charge in [0.2, 0.25) is 0 Å². The maximum atomic E-state index is 2.41. The Hall–Kier alpha value is -1.56. The van der Waals surface area contributed by atoms with Crippen LogP contribution in [0.25, 0.3) is 0 Å². The summed E-state index contributed by atoms with van der Waals surface area (Å²) < 4.78 is 0. The Morgan fingerprint density at radius 1 is 0.684 bits per heavy atom. The van der Waals surface area contributed by atoms with E-state index < -0.39 is 0 Å². The molecule has 2 aromatic rings. The Morgan fingerprint density at radius 2 is 1.16 bits per heavy atom. The molecule has 3 atom stereocenters. The third-order valence-corrected chi connectivity index (χ3v) is 6.01. The standard InChI is InChI=1S/C19H18/c1-3-7-17-13(5-1)11-15-9-10-16-12-14-6-2-4-8-18(14)19(15,16)17/h1-8,15-16H,9-12H2/t15-,16?,19?/m1/s1. The first-order valence-electron chi connectivity index (χ1n) is 7.57. The highest BCUT2D eigenvalue weighted by atomic mass is 14.6. The topological polar surface area (TPSA) is 0 Å². The predicted octanol–water partition coefficient (Wildman–Crippen LogP) is 4.11. The van der Waals surface area contributed by atoms with E-state index in [-0.39, 0.29) is 0 Å². The van der Waals surface area contributed by atoms with Gasteiger partial charge in [-0.15, -0.1) is 0 Å². The van der Waals surface area contributed by atoms with Crippen molar-refractivity contribution in [3.63, 3.8) is 0 Å². The van der Waals surface area contributed by atoms with Crippen LogP contribution in [0.1, 0.15) is 35.1 Å². The van der Waals surface area contributed by atoms with Gasteiger partial charge in [-0.2, -0.15) is 0 Å². The van der Waals surface area contributed by atoms with E-state index in [9.17, 15) is 0 Å². The Balaban J connectivity index is 1.86. The van der Waals surface area contributed by atoms with Gasteiger partial charge in [-0.25, -0.2) is 0 Å². The molecule has 3 aliphatic rings. The first kappa shape index (κ1) is 10.3. The number of rotatable bonds is 0. The molecule has 1 fully saturated rings. The van der Waals surface area contributed by atoms with Crippen LogP contribution in [0.4, 0.5) is 0 Å². The summed E-state index contributed by atoms with van der Waals surface area (Å²) in [7, 11) is 0. The lowest BCUT2D eigenvalue weighted by Gasteiger charge is -2.32. The zero-order valence-electron chi connectivity index (χ0n) is 11.1. The van der Waals surface area contributed by atoms with E-state index in [0.29, 0.717) is 5.41 Å². The normalized spacial score (nSPS) is 33.7. The van der Waals surface area contributed by atoms with E-state index >= 15 is 0 Å². The molecule has 3 aliphatic carbocycles. The third-order valence-electron chi connectivity index (χ3n) is 6.01. The smallest absolute Gasteiger partial charge is 0.0270 e. The minimum Gasteiger partial charge on any atom is -0.0620 e. The van der Waals surface area contributed by atoms with Gasteiger partial charge in [-0.3, -0.25) is 0 Å². The Morgan fingerprint density at radius 3 is 1.68 bits per heavy atom. The van der Waals surface area contributed by atoms with Crippen LogP contribution in [-0.4, -0.2) is 0 Å². The van der Waals surface area contributed by atoms with E-state index in [1.165, 1.54) is 25.7 Å². The molecule has 0 aromatic heterocycles. The van der Waals surface area contributed by atoms with Gasteiger partial charge in [-0.05, 0) is 59.8 Å². The molecule has 5 rings (SSSR count). The van der Waals surface area contributed by atoms with Crippen molar-refractivity contribution in [2.75, 3.05) is 0 Å². The van der Waals surface area contributed by atoms with Gasteiger partial charge in [0.25, 0.3) is 0 Å². The number of benzene rings is 2. The maximum absolute atomic E-state index is 2.41. The summed E-state index contributed by atoms with van der Waals surface area (Å²) in [5, 5.41) is 0. The molecule has 0 heterocycles. The zero-order chi connectivity index (χ0) is 12.4. The maximum Gasteiger partial charge on any atom is 0.0270 e. The van der Waals surface area contributed by atoms with Gasteiger partial charge < -0.3 is 0 Å². The molecular weight excluding hydrogens is 228 g/mol. The Labute approximate surface area is 114 Å². The van der Waals surface area contributed by atoms with E-state index in [1.54, 1.807) is 22.3 Å². The molecule has 0 bridgehead atoms. The van der Waals surface area contributed by atoms with Crippen LogP contribution in [0.5, 0.6) is 0 Å². The molecule has 1 spiro atoms. The Kier molecular flexibility index (Phi) is 1.78. The van der Waals surface area contributed by atoms with Crippen LogP contribution >= 0.6 is 0 Å². The lowest BCUT2D eigenvalue weighted by Crippen LogP contribution is -2.31. The molecule has 0 N–H and O–H groups in total. The third kappa shape index (κ3) is 1.04. The van der Waals surface area contributed by atoms with Crippen LogP contribution in [0, 0.1) is 11.8 Å². The molecule has 94 valence electrons. The molecule has 2 aromatic carbocycles. The van der Waals surface area contributed by atoms with E-state index in [4.69, 9.17) is 0 Å². The molecular formula is C19H18. The number of fused-ring (bicyclic) bond motifs is 2. The van der Waals surface area contributed by atoms with Crippen LogP contribution in [-0.2, 0) is 18.3 Å². The average Bonchev–Trinajstić information content (AvgIpc) is 3.05. The summed E-state index contributed by atoms with van der Waals surface area (Å²) in [6.45, 7) is 0. The summed E-state index contributed by atoms with van der Waals surface area (Å²) in [6, 6.07) is 18.5. The quantitative estimate of drug-likeness (QED) is 0.656. The minimum absolute atomic E-state index is 0.382. The fraction of sp³-hybridized carbons (Fsp3) is 0.368. The second-order valence-electron chi connectivity index (χ2n) is 6.56. The summed E-state index contributed by atoms with van der Waals surface area (Å²) in [5.74, 6) is 1.72. The summed E-state index contributed by atoms with van der Waals surface area (Å²) in [4.78, 5) is 0. The van der Waals surface area contributed by atoms with E-state index in [0.717, 1.165) is 11.8 Å². The van der Waals surface area contributed by atoms with Crippen molar-refractivity contribution in [3.05, 3.63) is 70.8 Å². The van der Waals surface area contributed by atoms with E-state index in [2.05, 4.69) is 48.5 Å². The highest BCUT2D eigenvalue weighted by Gasteiger charge is 2.59. The van der Waals surface area contributed by atoms with Gasteiger partial charge in [0.05, 0.1) is 0 Å². The second kappa shape index (κ2) is 3.30. The number of hydrogen-bond acceptors (Lipinski definition) is 0. The molecule has 0 nitrogen and oxygen atoms in total. The van der Waals surface area contributed by atoms with Crippen LogP contribution in [0.3, 0.4) is 0 Å². The minimum atomic E-state index is 0.382. The summed E-state index contributed by atoms with van der Waals surface area (Å²) in [5.41, 5.74) is 6.94. The lowest BCUT2D eigenvalue weighted by atomic mass is 9.70. The van der Waals surface area contributed by atoms with Gasteiger partial charge in [0.15, 0.2) is 0 Å². The molecule has 0 saturated heterocycles. The van der Waals surface area contributed by atoms with Crippen molar-refractivity contribution < 1.29 is 0 Å². The first-order valence-corrected chi connectivity index (χ1v) is 7.57. The second-order valence-corrected chi connectivity index (χ2v) is 6.56. The largest absolute Gasteiger partial charge is 0.0620 e. The molecule has 0 amide bonds. The number of hydrogen-bond donors (Lipinski definition) is 0. The van der Waals surface area contributed by atoms with Crippen molar-refractivity contribution in [2.24, 2.45) is 11.8 Å². The van der Waals surface area contributed by atoms with Gasteiger partial charge in [0, 0.05) is 5.41 Å². The monoisotopic (exact) mass is 246 g/mol. The Bertz CT molecular complexity index is 608. The summed E-state index contributed by atoms with van der Waals surface area (Å²) >= 11 is 0. The van der Waals surface area contributed by atoms with Crippen LogP contribution < -0.4 is 0 Å². The predicted molar refractivity (Wildman–Crippen MR) is 77.3 cm³/mol. The summed E-state index contributed by atoms with van der Waals surface area (Å²) in [6.07, 6.45) is 5.46. The van der Waals surface area contributed by atoms with Gasteiger partial charge in [0.1, 0.15) is 0 Å². The van der Waals surface area contributed by atoms with Gasteiger partial charge >= 0.3 is 0 Å². The highest BCUT2D eigenvalue weighted by Crippen LogP contribution is 2.64. The molecule has 2 unspecified atom stereocenters. The molecule has 1 saturated carbocycles. The average molecular weight is 246 g/mol. The highest BCUT2D eigenvalue weighted by molar-refractivity contribution is 5.57. The van der Waals surface area contributed by atoms with Crippen molar-refractivity contribution in [1.82, 2.24) is 0 Å². The zero-order valence-corrected chi connectivity index (χ0v) is 11.1. The first-order chi connectivity index (χ1) is 9.40. The van der Waals surface area contributed by atoms with Crippen molar-refractivity contribution >= 4 is 0 Å². The van der Waals surface area contributed by atoms with Crippen LogP contribution in [0.2, 0.25) is 0 Å². The fourth-order valence-corrected chi connectivity index (χ4v) is 5.48. The molecule has 0 radical (unpaired) electrons. The van der Waals surface area contributed by atoms with Crippen molar-refractivity contribution in [1.29, 1.82) is 0 Å². The fourth-order valence-electron chi connectivity index (χ4n) is 5.48. The van der Waals surface area contributed by atoms with E-state index in [1.807, 2.05) is 0 Å². The molecule has 19 heavy (non-hydrogen) atoms.